The molecule has 0 saturated heterocycles. The van der Waals surface area contributed by atoms with E-state index in [0.717, 1.165) is 67.5 Å². The number of aromatic nitrogens is 2. The van der Waals surface area contributed by atoms with Crippen LogP contribution in [0.15, 0.2) is 169 Å². The summed E-state index contributed by atoms with van der Waals surface area (Å²) >= 11 is 2.27. The van der Waals surface area contributed by atoms with Crippen LogP contribution < -0.4 is 26.8 Å². The molecule has 9 rings (SSSR count). The molecule has 56 heavy (non-hydrogen) atoms. The van der Waals surface area contributed by atoms with Gasteiger partial charge < -0.3 is 21.3 Å². The van der Waals surface area contributed by atoms with Gasteiger partial charge in [-0.1, -0.05) is 84.9 Å². The number of nitrogens with one attached hydrogen (secondary N) is 5. The highest BCUT2D eigenvalue weighted by atomic mass is 127. The van der Waals surface area contributed by atoms with Crippen LogP contribution in [0.25, 0.3) is 39.1 Å². The van der Waals surface area contributed by atoms with Crippen molar-refractivity contribution in [3.8, 4) is 27.9 Å². The molecule has 1 aromatic heterocycles. The molecule has 274 valence electrons. The lowest BCUT2D eigenvalue weighted by Gasteiger charge is -2.07. The van der Waals surface area contributed by atoms with Crippen molar-refractivity contribution >= 4 is 68.3 Å². The third kappa shape index (κ3) is 7.82. The highest BCUT2D eigenvalue weighted by Gasteiger charge is 2.25. The third-order valence-corrected chi connectivity index (χ3v) is 10.2. The van der Waals surface area contributed by atoms with E-state index in [0.29, 0.717) is 11.1 Å². The zero-order valence-corrected chi connectivity index (χ0v) is 32.3. The van der Waals surface area contributed by atoms with E-state index in [2.05, 4.69) is 61.1 Å². The Hall–Kier alpha value is -6.92. The average molecular weight is 847 g/mol. The van der Waals surface area contributed by atoms with E-state index in [-0.39, 0.29) is 17.4 Å². The zero-order chi connectivity index (χ0) is 38.6. The van der Waals surface area contributed by atoms with Crippen molar-refractivity contribution in [3.63, 3.8) is 0 Å². The van der Waals surface area contributed by atoms with E-state index in [1.807, 2.05) is 140 Å². The number of nitrogens with zero attached hydrogens (tertiary/aromatic N) is 1. The van der Waals surface area contributed by atoms with Gasteiger partial charge in [-0.15, -0.1) is 0 Å². The minimum absolute atomic E-state index is 0.0850. The molecular formula is C46H35IN6O3. The van der Waals surface area contributed by atoms with Gasteiger partial charge in [0.1, 0.15) is 0 Å². The van der Waals surface area contributed by atoms with E-state index in [4.69, 9.17) is 0 Å². The molecule has 0 spiro atoms. The molecule has 2 amide bonds. The molecule has 3 heterocycles. The lowest BCUT2D eigenvalue weighted by Crippen LogP contribution is -2.05. The third-order valence-electron chi connectivity index (χ3n) is 9.47. The number of benzene rings is 6. The van der Waals surface area contributed by atoms with Gasteiger partial charge in [-0.2, -0.15) is 0 Å². The fourth-order valence-electron chi connectivity index (χ4n) is 6.61. The minimum Gasteiger partial charge on any atom is -0.361 e. The Morgan fingerprint density at radius 1 is 0.536 bits per heavy atom. The summed E-state index contributed by atoms with van der Waals surface area (Å²) in [5.74, 6) is -0.219. The summed E-state index contributed by atoms with van der Waals surface area (Å²) in [6.45, 7) is 1.87. The molecule has 2 aliphatic heterocycles. The van der Waals surface area contributed by atoms with Crippen LogP contribution in [0, 0.1) is 10.5 Å². The van der Waals surface area contributed by atoms with Crippen LogP contribution >= 0.6 is 22.6 Å². The van der Waals surface area contributed by atoms with Gasteiger partial charge in [0, 0.05) is 61.6 Å². The summed E-state index contributed by atoms with van der Waals surface area (Å²) in [5, 5.41) is 15.1. The standard InChI is InChI=1S/C25H20N4O2.C21H15IN2O/c1-16-13-24(30)28-29(16)20-10-8-19(9-11-20)26-15-22-21-12-7-18(14-23(21)27-25(22)31)17-5-3-2-4-6-17;22-16-7-9-17(10-8-16)23-13-19-18-11-6-15(12-20(18)24-21(19)25)14-4-2-1-3-5-14/h2-15,26H,1H3,(H,27,31)(H,28,30);1-13,23H,(H,24,25). The number of halogens is 1. The summed E-state index contributed by atoms with van der Waals surface area (Å²) in [5.41, 5.74) is 12.4. The molecule has 0 saturated carbocycles. The first-order valence-electron chi connectivity index (χ1n) is 17.9. The number of carbonyl (C=O) groups excluding carboxylic acids is 2. The molecule has 7 aromatic rings. The van der Waals surface area contributed by atoms with E-state index in [9.17, 15) is 14.4 Å². The normalized spacial score (nSPS) is 14.0. The first-order chi connectivity index (χ1) is 27.3. The molecule has 0 bridgehead atoms. The van der Waals surface area contributed by atoms with Crippen LogP contribution in [-0.2, 0) is 9.59 Å². The van der Waals surface area contributed by atoms with Crippen molar-refractivity contribution < 1.29 is 9.59 Å². The fraction of sp³-hybridized carbons (Fsp3) is 0.0217. The van der Waals surface area contributed by atoms with Crippen LogP contribution in [0.3, 0.4) is 0 Å². The maximum atomic E-state index is 12.5. The molecule has 0 unspecified atom stereocenters. The largest absolute Gasteiger partial charge is 0.361 e. The first kappa shape index (κ1) is 36.1. The number of aryl methyl sites for hydroxylation is 1. The van der Waals surface area contributed by atoms with Crippen LogP contribution in [0.2, 0.25) is 0 Å². The second kappa shape index (κ2) is 15.8. The molecule has 5 N–H and O–H groups in total. The van der Waals surface area contributed by atoms with Crippen LogP contribution in [0.4, 0.5) is 22.7 Å². The Morgan fingerprint density at radius 3 is 1.45 bits per heavy atom. The average Bonchev–Trinajstić information content (AvgIpc) is 3.86. The molecule has 9 nitrogen and oxygen atoms in total. The van der Waals surface area contributed by atoms with E-state index < -0.39 is 0 Å². The van der Waals surface area contributed by atoms with Crippen LogP contribution in [0.5, 0.6) is 0 Å². The van der Waals surface area contributed by atoms with Crippen molar-refractivity contribution in [2.24, 2.45) is 0 Å². The monoisotopic (exact) mass is 846 g/mol. The van der Waals surface area contributed by atoms with Crippen molar-refractivity contribution in [1.29, 1.82) is 0 Å². The Kier molecular flexibility index (Phi) is 10.2. The predicted molar refractivity (Wildman–Crippen MR) is 235 cm³/mol. The number of aromatic amines is 1. The lowest BCUT2D eigenvalue weighted by molar-refractivity contribution is -0.111. The SMILES string of the molecule is Cc1cc(=O)[nH]n1-c1ccc(NC=C2C(=O)Nc3cc(-c4ccccc4)ccc32)cc1.O=C1Nc2cc(-c3ccccc3)ccc2C1=CNc1ccc(I)cc1. The maximum Gasteiger partial charge on any atom is 0.264 e. The van der Waals surface area contributed by atoms with E-state index >= 15 is 0 Å². The molecule has 6 aromatic carbocycles. The second-order valence-electron chi connectivity index (χ2n) is 13.2. The topological polar surface area (TPSA) is 120 Å². The smallest absolute Gasteiger partial charge is 0.264 e. The van der Waals surface area contributed by atoms with Gasteiger partial charge in [-0.05, 0) is 112 Å². The molecule has 0 radical (unpaired) electrons. The first-order valence-corrected chi connectivity index (χ1v) is 19.0. The Bertz CT molecular complexity index is 2700. The summed E-state index contributed by atoms with van der Waals surface area (Å²) in [7, 11) is 0. The number of hydrogen-bond acceptors (Lipinski definition) is 5. The quantitative estimate of drug-likeness (QED) is 0.0809. The van der Waals surface area contributed by atoms with Gasteiger partial charge in [0.05, 0.1) is 16.8 Å². The fourth-order valence-corrected chi connectivity index (χ4v) is 6.97. The van der Waals surface area contributed by atoms with Crippen molar-refractivity contribution in [1.82, 2.24) is 9.78 Å². The Balaban J connectivity index is 0.000000161. The summed E-state index contributed by atoms with van der Waals surface area (Å²) in [4.78, 5) is 36.4. The highest BCUT2D eigenvalue weighted by Crippen LogP contribution is 2.36. The van der Waals surface area contributed by atoms with E-state index in [1.165, 1.54) is 3.57 Å². The van der Waals surface area contributed by atoms with Gasteiger partial charge in [-0.25, -0.2) is 0 Å². The number of hydrogen-bond donors (Lipinski definition) is 5. The highest BCUT2D eigenvalue weighted by molar-refractivity contribution is 14.1. The number of H-pyrrole nitrogens is 1. The molecule has 0 atom stereocenters. The maximum absolute atomic E-state index is 12.5. The number of amides is 2. The van der Waals surface area contributed by atoms with Gasteiger partial charge in [0.2, 0.25) is 0 Å². The summed E-state index contributed by atoms with van der Waals surface area (Å²) in [6, 6.07) is 49.5. The molecule has 0 aliphatic carbocycles. The molecule has 10 heteroatoms. The summed E-state index contributed by atoms with van der Waals surface area (Å²) in [6.07, 6.45) is 3.49. The van der Waals surface area contributed by atoms with Gasteiger partial charge >= 0.3 is 0 Å². The Morgan fingerprint density at radius 2 is 1.00 bits per heavy atom. The van der Waals surface area contributed by atoms with Crippen molar-refractivity contribution in [2.45, 2.75) is 6.92 Å². The van der Waals surface area contributed by atoms with Crippen LogP contribution in [-0.4, -0.2) is 21.6 Å². The Labute approximate surface area is 336 Å². The zero-order valence-electron chi connectivity index (χ0n) is 30.1. The second-order valence-corrected chi connectivity index (χ2v) is 14.5. The van der Waals surface area contributed by atoms with Crippen LogP contribution in [0.1, 0.15) is 16.8 Å². The molecule has 0 fully saturated rings. The molecule has 2 aliphatic rings. The molecular weight excluding hydrogens is 811 g/mol. The van der Waals surface area contributed by atoms with Gasteiger partial charge in [0.25, 0.3) is 17.4 Å². The number of rotatable bonds is 7. The number of carbonyl (C=O) groups is 2. The van der Waals surface area contributed by atoms with Gasteiger partial charge in [0.15, 0.2) is 0 Å². The number of fused-ring (bicyclic) bond motifs is 2. The van der Waals surface area contributed by atoms with Crippen molar-refractivity contribution in [2.75, 3.05) is 21.3 Å². The lowest BCUT2D eigenvalue weighted by atomic mass is 10.0. The number of anilines is 4. The van der Waals surface area contributed by atoms with Crippen molar-refractivity contribution in [3.05, 3.63) is 195 Å². The predicted octanol–water partition coefficient (Wildman–Crippen LogP) is 9.91. The minimum atomic E-state index is -0.134. The van der Waals surface area contributed by atoms with E-state index in [1.54, 1.807) is 23.1 Å². The van der Waals surface area contributed by atoms with Gasteiger partial charge in [-0.3, -0.25) is 24.2 Å². The summed E-state index contributed by atoms with van der Waals surface area (Å²) < 4.78 is 2.91.